The van der Waals surface area contributed by atoms with Crippen molar-refractivity contribution in [2.24, 2.45) is 5.73 Å². The van der Waals surface area contributed by atoms with E-state index in [1.54, 1.807) is 0 Å². The summed E-state index contributed by atoms with van der Waals surface area (Å²) in [6, 6.07) is 0. The molecule has 0 aromatic carbocycles. The first kappa shape index (κ1) is 12.1. The van der Waals surface area contributed by atoms with Crippen molar-refractivity contribution in [3.63, 3.8) is 0 Å². The average molecular weight is 236 g/mol. The molecule has 2 N–H and O–H groups in total. The summed E-state index contributed by atoms with van der Waals surface area (Å²) in [5.41, 5.74) is 6.66. The molecule has 0 saturated heterocycles. The first-order valence-electron chi connectivity index (χ1n) is 6.47. The fraction of sp³-hybridized carbons (Fsp3) is 0.750. The molecule has 1 aromatic heterocycles. The number of carbonyl (C=O) groups is 1. The molecule has 5 nitrogen and oxygen atoms in total. The van der Waals surface area contributed by atoms with Crippen molar-refractivity contribution in [2.45, 2.75) is 57.9 Å². The minimum absolute atomic E-state index is 0.378. The van der Waals surface area contributed by atoms with Gasteiger partial charge in [-0.05, 0) is 19.3 Å². The van der Waals surface area contributed by atoms with E-state index in [4.69, 9.17) is 5.73 Å². The third kappa shape index (κ3) is 2.84. The third-order valence-electron chi connectivity index (χ3n) is 3.19. The van der Waals surface area contributed by atoms with Gasteiger partial charge in [0.25, 0.3) is 5.91 Å². The molecule has 1 aliphatic carbocycles. The molecule has 1 fully saturated rings. The second kappa shape index (κ2) is 5.29. The summed E-state index contributed by atoms with van der Waals surface area (Å²) in [6.07, 6.45) is 7.02. The smallest absolute Gasteiger partial charge is 0.271 e. The number of hydrogen-bond donors (Lipinski definition) is 1. The number of aryl methyl sites for hydroxylation is 1. The number of nitrogens with zero attached hydrogens (tertiary/aromatic N) is 3. The van der Waals surface area contributed by atoms with E-state index in [1.807, 2.05) is 4.68 Å². The number of nitrogens with two attached hydrogens (primary N) is 1. The lowest BCUT2D eigenvalue weighted by atomic mass is 10.2. The van der Waals surface area contributed by atoms with Crippen LogP contribution in [-0.4, -0.2) is 20.9 Å². The second-order valence-corrected chi connectivity index (χ2v) is 4.75. The molecule has 0 unspecified atom stereocenters. The zero-order valence-electron chi connectivity index (χ0n) is 10.4. The molecule has 1 amide bonds. The number of amides is 1. The van der Waals surface area contributed by atoms with Gasteiger partial charge in [-0.25, -0.2) is 4.68 Å². The van der Waals surface area contributed by atoms with Gasteiger partial charge in [-0.15, -0.1) is 5.10 Å². The lowest BCUT2D eigenvalue weighted by Gasteiger charge is -2.05. The molecule has 0 aliphatic heterocycles. The van der Waals surface area contributed by atoms with Crippen LogP contribution in [0, 0.1) is 0 Å². The first-order valence-corrected chi connectivity index (χ1v) is 6.47. The van der Waals surface area contributed by atoms with E-state index >= 15 is 0 Å². The van der Waals surface area contributed by atoms with Gasteiger partial charge < -0.3 is 5.73 Å². The molecule has 0 spiro atoms. The number of aromatic nitrogens is 3. The van der Waals surface area contributed by atoms with Crippen LogP contribution < -0.4 is 5.73 Å². The van der Waals surface area contributed by atoms with Gasteiger partial charge in [0.2, 0.25) is 0 Å². The van der Waals surface area contributed by atoms with E-state index in [-0.39, 0.29) is 0 Å². The molecule has 0 bridgehead atoms. The highest BCUT2D eigenvalue weighted by Gasteiger charge is 2.32. The predicted molar refractivity (Wildman–Crippen MR) is 64.7 cm³/mol. The maximum Gasteiger partial charge on any atom is 0.271 e. The van der Waals surface area contributed by atoms with Crippen LogP contribution in [-0.2, 0) is 6.54 Å². The number of hydrogen-bond acceptors (Lipinski definition) is 3. The van der Waals surface area contributed by atoms with E-state index in [9.17, 15) is 4.79 Å². The number of primary amides is 1. The van der Waals surface area contributed by atoms with Crippen LogP contribution >= 0.6 is 0 Å². The maximum atomic E-state index is 11.2. The average Bonchev–Trinajstić information content (AvgIpc) is 3.05. The van der Waals surface area contributed by atoms with Crippen molar-refractivity contribution in [1.29, 1.82) is 0 Å². The Morgan fingerprint density at radius 1 is 1.41 bits per heavy atom. The van der Waals surface area contributed by atoms with Crippen LogP contribution in [0.5, 0.6) is 0 Å². The minimum atomic E-state index is -0.452. The Morgan fingerprint density at radius 2 is 2.18 bits per heavy atom. The van der Waals surface area contributed by atoms with Gasteiger partial charge >= 0.3 is 0 Å². The van der Waals surface area contributed by atoms with E-state index in [2.05, 4.69) is 17.2 Å². The maximum absolute atomic E-state index is 11.2. The van der Waals surface area contributed by atoms with Crippen molar-refractivity contribution in [1.82, 2.24) is 15.0 Å². The zero-order valence-corrected chi connectivity index (χ0v) is 10.4. The van der Waals surface area contributed by atoms with Gasteiger partial charge in [0.15, 0.2) is 5.69 Å². The van der Waals surface area contributed by atoms with Gasteiger partial charge in [-0.3, -0.25) is 4.79 Å². The summed E-state index contributed by atoms with van der Waals surface area (Å²) in [5.74, 6) is 0.00498. The van der Waals surface area contributed by atoms with Crippen LogP contribution in [0.1, 0.15) is 67.5 Å². The topological polar surface area (TPSA) is 73.8 Å². The Labute approximate surface area is 101 Å². The van der Waals surface area contributed by atoms with Crippen molar-refractivity contribution < 1.29 is 4.79 Å². The van der Waals surface area contributed by atoms with Gasteiger partial charge in [0, 0.05) is 12.5 Å². The molecule has 94 valence electrons. The molecule has 2 rings (SSSR count). The lowest BCUT2D eigenvalue weighted by Crippen LogP contribution is -2.15. The summed E-state index contributed by atoms with van der Waals surface area (Å²) in [5, 5.41) is 7.98. The highest BCUT2D eigenvalue weighted by molar-refractivity contribution is 5.92. The number of rotatable bonds is 7. The molecule has 1 aliphatic rings. The van der Waals surface area contributed by atoms with Crippen molar-refractivity contribution >= 4 is 5.91 Å². The fourth-order valence-corrected chi connectivity index (χ4v) is 2.11. The van der Waals surface area contributed by atoms with Crippen LogP contribution in [0.15, 0.2) is 0 Å². The monoisotopic (exact) mass is 236 g/mol. The molecule has 5 heteroatoms. The Morgan fingerprint density at radius 3 is 2.76 bits per heavy atom. The Hall–Kier alpha value is -1.39. The molecule has 1 heterocycles. The Bertz CT molecular complexity index is 395. The van der Waals surface area contributed by atoms with Crippen LogP contribution in [0.2, 0.25) is 0 Å². The normalized spacial score (nSPS) is 15.1. The number of carbonyl (C=O) groups excluding carboxylic acids is 1. The summed E-state index contributed by atoms with van der Waals surface area (Å²) in [7, 11) is 0. The summed E-state index contributed by atoms with van der Waals surface area (Å²) in [6.45, 7) is 3.04. The van der Waals surface area contributed by atoms with E-state index in [0.29, 0.717) is 11.6 Å². The van der Waals surface area contributed by atoms with Crippen LogP contribution in [0.25, 0.3) is 0 Å². The third-order valence-corrected chi connectivity index (χ3v) is 3.19. The molecule has 1 saturated carbocycles. The SMILES string of the molecule is CCCCCCn1nnc(C(N)=O)c1C1CC1. The van der Waals surface area contributed by atoms with E-state index < -0.39 is 5.91 Å². The van der Waals surface area contributed by atoms with Gasteiger partial charge in [0.1, 0.15) is 0 Å². The predicted octanol–water partition coefficient (Wildman–Crippen LogP) is 1.83. The second-order valence-electron chi connectivity index (χ2n) is 4.75. The highest BCUT2D eigenvalue weighted by Crippen LogP contribution is 2.41. The minimum Gasteiger partial charge on any atom is -0.364 e. The quantitative estimate of drug-likeness (QED) is 0.734. The lowest BCUT2D eigenvalue weighted by molar-refractivity contribution is 0.0994. The van der Waals surface area contributed by atoms with Crippen molar-refractivity contribution in [3.8, 4) is 0 Å². The van der Waals surface area contributed by atoms with E-state index in [1.165, 1.54) is 19.3 Å². The first-order chi connectivity index (χ1) is 8.24. The molecular formula is C12H20N4O. The Kier molecular flexibility index (Phi) is 3.76. The van der Waals surface area contributed by atoms with Gasteiger partial charge in [0.05, 0.1) is 5.69 Å². The molecule has 0 atom stereocenters. The zero-order chi connectivity index (χ0) is 12.3. The molecule has 0 radical (unpaired) electrons. The fourth-order valence-electron chi connectivity index (χ4n) is 2.11. The molecule has 17 heavy (non-hydrogen) atoms. The van der Waals surface area contributed by atoms with E-state index in [0.717, 1.165) is 31.5 Å². The van der Waals surface area contributed by atoms with Crippen LogP contribution in [0.4, 0.5) is 0 Å². The van der Waals surface area contributed by atoms with Crippen LogP contribution in [0.3, 0.4) is 0 Å². The highest BCUT2D eigenvalue weighted by atomic mass is 16.1. The number of unbranched alkanes of at least 4 members (excludes halogenated alkanes) is 3. The van der Waals surface area contributed by atoms with Gasteiger partial charge in [-0.2, -0.15) is 0 Å². The summed E-state index contributed by atoms with van der Waals surface area (Å²) >= 11 is 0. The summed E-state index contributed by atoms with van der Waals surface area (Å²) < 4.78 is 1.88. The molecular weight excluding hydrogens is 216 g/mol. The largest absolute Gasteiger partial charge is 0.364 e. The standard InChI is InChI=1S/C12H20N4O/c1-2-3-4-5-8-16-11(9-6-7-9)10(12(13)17)14-15-16/h9H,2-8H2,1H3,(H2,13,17). The van der Waals surface area contributed by atoms with Gasteiger partial charge in [-0.1, -0.05) is 31.4 Å². The van der Waals surface area contributed by atoms with Crippen molar-refractivity contribution in [2.75, 3.05) is 0 Å². The van der Waals surface area contributed by atoms with Crippen molar-refractivity contribution in [3.05, 3.63) is 11.4 Å². The molecule has 1 aromatic rings. The Balaban J connectivity index is 2.03. The summed E-state index contributed by atoms with van der Waals surface area (Å²) in [4.78, 5) is 11.2.